The molecule has 4 aromatic rings. The Kier molecular flexibility index (Phi) is 12.6. The summed E-state index contributed by atoms with van der Waals surface area (Å²) in [5.41, 5.74) is 4.87. The first-order valence-corrected chi connectivity index (χ1v) is 17.7. The second-order valence-corrected chi connectivity index (χ2v) is 13.8. The van der Waals surface area contributed by atoms with Crippen molar-refractivity contribution in [3.05, 3.63) is 60.4 Å². The van der Waals surface area contributed by atoms with Crippen LogP contribution in [0.2, 0.25) is 0 Å². The maximum atomic E-state index is 13.0. The van der Waals surface area contributed by atoms with Crippen LogP contribution >= 0.6 is 0 Å². The predicted molar refractivity (Wildman–Crippen MR) is 195 cm³/mol. The lowest BCUT2D eigenvalue weighted by Crippen LogP contribution is -2.36. The summed E-state index contributed by atoms with van der Waals surface area (Å²) in [5, 5.41) is 0. The van der Waals surface area contributed by atoms with Gasteiger partial charge in [-0.05, 0) is 63.3 Å². The van der Waals surface area contributed by atoms with Crippen molar-refractivity contribution >= 4 is 6.09 Å². The molecule has 270 valence electrons. The Labute approximate surface area is 296 Å². The molecular weight excluding hydrogens is 634 g/mol. The Morgan fingerprint density at radius 3 is 2.18 bits per heavy atom. The molecule has 0 bridgehead atoms. The first kappa shape index (κ1) is 36.9. The van der Waals surface area contributed by atoms with Gasteiger partial charge in [-0.25, -0.2) is 14.8 Å². The van der Waals surface area contributed by atoms with E-state index in [4.69, 9.17) is 28.7 Å². The summed E-state index contributed by atoms with van der Waals surface area (Å²) >= 11 is 0. The lowest BCUT2D eigenvalue weighted by molar-refractivity contribution is 0.0218. The van der Waals surface area contributed by atoms with Crippen molar-refractivity contribution in [1.29, 1.82) is 0 Å². The number of aromatic amines is 2. The molecule has 50 heavy (non-hydrogen) atoms. The zero-order chi connectivity index (χ0) is 35.7. The predicted octanol–water partition coefficient (Wildman–Crippen LogP) is 8.55. The van der Waals surface area contributed by atoms with E-state index in [2.05, 4.69) is 53.1 Å². The van der Waals surface area contributed by atoms with Crippen molar-refractivity contribution < 1.29 is 28.5 Å². The molecule has 2 aromatic carbocycles. The highest BCUT2D eigenvalue weighted by molar-refractivity contribution is 5.83. The van der Waals surface area contributed by atoms with E-state index in [1.165, 1.54) is 12.8 Å². The van der Waals surface area contributed by atoms with Gasteiger partial charge in [0.2, 0.25) is 0 Å². The maximum absolute atomic E-state index is 13.0. The highest BCUT2D eigenvalue weighted by Gasteiger charge is 2.35. The van der Waals surface area contributed by atoms with Gasteiger partial charge in [0.25, 0.3) is 0 Å². The van der Waals surface area contributed by atoms with Crippen LogP contribution in [0, 0.1) is 0 Å². The Balaban J connectivity index is 1.48. The van der Waals surface area contributed by atoms with E-state index < -0.39 is 5.60 Å². The van der Waals surface area contributed by atoms with E-state index in [0.717, 1.165) is 58.7 Å². The van der Waals surface area contributed by atoms with E-state index in [9.17, 15) is 4.79 Å². The third kappa shape index (κ3) is 9.05. The summed E-state index contributed by atoms with van der Waals surface area (Å²) in [5.74, 6) is 3.29. The number of rotatable bonds is 16. The molecule has 1 saturated heterocycles. The van der Waals surface area contributed by atoms with Gasteiger partial charge in [0.05, 0.1) is 43.0 Å². The van der Waals surface area contributed by atoms with Crippen molar-refractivity contribution in [3.63, 3.8) is 0 Å². The average molecular weight is 688 g/mol. The first-order chi connectivity index (χ1) is 24.1. The lowest BCUT2D eigenvalue weighted by Gasteiger charge is -2.27. The van der Waals surface area contributed by atoms with Crippen LogP contribution in [0.25, 0.3) is 33.6 Å². The van der Waals surface area contributed by atoms with Crippen molar-refractivity contribution in [3.8, 4) is 45.1 Å². The maximum Gasteiger partial charge on any atom is 0.410 e. The minimum absolute atomic E-state index is 0.211. The second-order valence-electron chi connectivity index (χ2n) is 13.8. The standard InChI is InChI=1S/C39H53N5O6/c1-8-9-11-26(2)36-40-24-31(42-36)28-15-13-27(14-16-28)29-17-18-30(35(49-23-21-47-7)34(29)48-22-20-46-6)32-25-41-37(43-32)33-12-10-19-44(33)38(45)50-39(3,4)5/h13-18,24-26,33H,8-12,19-23H2,1-7H3,(H,40,42)(H,41,43)/t26-,33-/m0/s1. The lowest BCUT2D eigenvalue weighted by atomic mass is 9.98. The number of nitrogens with zero attached hydrogens (tertiary/aromatic N) is 3. The number of methoxy groups -OCH3 is 2. The highest BCUT2D eigenvalue weighted by atomic mass is 16.6. The molecule has 1 fully saturated rings. The number of likely N-dealkylation sites (tertiary alicyclic amines) is 1. The van der Waals surface area contributed by atoms with Crippen LogP contribution in [0.3, 0.4) is 0 Å². The Bertz CT molecular complexity index is 1670. The van der Waals surface area contributed by atoms with Gasteiger partial charge in [0, 0.05) is 37.8 Å². The third-order valence-corrected chi connectivity index (χ3v) is 8.82. The minimum Gasteiger partial charge on any atom is -0.487 e. The van der Waals surface area contributed by atoms with Gasteiger partial charge < -0.3 is 33.7 Å². The van der Waals surface area contributed by atoms with Crippen molar-refractivity contribution in [1.82, 2.24) is 24.8 Å². The number of benzene rings is 2. The number of hydrogen-bond donors (Lipinski definition) is 2. The number of nitrogens with one attached hydrogen (secondary N) is 2. The van der Waals surface area contributed by atoms with E-state index in [1.54, 1.807) is 25.3 Å². The minimum atomic E-state index is -0.580. The van der Waals surface area contributed by atoms with E-state index in [-0.39, 0.29) is 12.1 Å². The monoisotopic (exact) mass is 687 g/mol. The van der Waals surface area contributed by atoms with Gasteiger partial charge in [-0.3, -0.25) is 4.90 Å². The molecular formula is C39H53N5O6. The number of carbonyl (C=O) groups is 1. The zero-order valence-electron chi connectivity index (χ0n) is 30.6. The van der Waals surface area contributed by atoms with Crippen LogP contribution in [0.1, 0.15) is 90.3 Å². The fraction of sp³-hybridized carbons (Fsp3) is 0.513. The molecule has 11 nitrogen and oxygen atoms in total. The van der Waals surface area contributed by atoms with E-state index >= 15 is 0 Å². The number of ether oxygens (including phenoxy) is 5. The summed E-state index contributed by atoms with van der Waals surface area (Å²) in [6, 6.07) is 12.2. The number of amides is 1. The molecule has 2 N–H and O–H groups in total. The molecule has 1 aliphatic heterocycles. The molecule has 0 spiro atoms. The molecule has 1 amide bonds. The summed E-state index contributed by atoms with van der Waals surface area (Å²) in [6.07, 6.45) is 8.51. The molecule has 0 saturated carbocycles. The number of H-pyrrole nitrogens is 2. The largest absolute Gasteiger partial charge is 0.487 e. The van der Waals surface area contributed by atoms with Crippen LogP contribution in [0.4, 0.5) is 4.79 Å². The van der Waals surface area contributed by atoms with Gasteiger partial charge in [0.15, 0.2) is 11.5 Å². The van der Waals surface area contributed by atoms with E-state index in [1.807, 2.05) is 39.1 Å². The fourth-order valence-electron chi connectivity index (χ4n) is 6.19. The van der Waals surface area contributed by atoms with Gasteiger partial charge >= 0.3 is 6.09 Å². The molecule has 0 radical (unpaired) electrons. The molecule has 5 rings (SSSR count). The average Bonchev–Trinajstić information content (AvgIpc) is 3.89. The van der Waals surface area contributed by atoms with Gasteiger partial charge in [-0.2, -0.15) is 0 Å². The van der Waals surface area contributed by atoms with Crippen LogP contribution < -0.4 is 9.47 Å². The first-order valence-electron chi connectivity index (χ1n) is 17.7. The third-order valence-electron chi connectivity index (χ3n) is 8.82. The normalized spacial score (nSPS) is 15.3. The van der Waals surface area contributed by atoms with Crippen LogP contribution in [-0.4, -0.2) is 83.7 Å². The Hall–Kier alpha value is -4.35. The molecule has 2 atom stereocenters. The number of hydrogen-bond acceptors (Lipinski definition) is 8. The molecule has 11 heteroatoms. The molecule has 0 unspecified atom stereocenters. The summed E-state index contributed by atoms with van der Waals surface area (Å²) in [6.45, 7) is 12.1. The highest BCUT2D eigenvalue weighted by Crippen LogP contribution is 2.45. The van der Waals surface area contributed by atoms with E-state index in [0.29, 0.717) is 56.2 Å². The van der Waals surface area contributed by atoms with Crippen molar-refractivity contribution in [2.75, 3.05) is 47.2 Å². The zero-order valence-corrected chi connectivity index (χ0v) is 30.6. The van der Waals surface area contributed by atoms with Crippen molar-refractivity contribution in [2.45, 2.75) is 84.3 Å². The number of unbranched alkanes of at least 4 members (excludes halogenated alkanes) is 1. The fourth-order valence-corrected chi connectivity index (χ4v) is 6.19. The van der Waals surface area contributed by atoms with Crippen LogP contribution in [-0.2, 0) is 14.2 Å². The number of aromatic nitrogens is 4. The van der Waals surface area contributed by atoms with Crippen LogP contribution in [0.15, 0.2) is 48.8 Å². The summed E-state index contributed by atoms with van der Waals surface area (Å²) in [4.78, 5) is 31.2. The topological polar surface area (TPSA) is 124 Å². The Morgan fingerprint density at radius 1 is 0.880 bits per heavy atom. The quantitative estimate of drug-likeness (QED) is 0.112. The molecule has 2 aromatic heterocycles. The number of imidazole rings is 2. The van der Waals surface area contributed by atoms with Gasteiger partial charge in [-0.1, -0.05) is 51.0 Å². The van der Waals surface area contributed by atoms with Gasteiger partial charge in [-0.15, -0.1) is 0 Å². The van der Waals surface area contributed by atoms with Gasteiger partial charge in [0.1, 0.15) is 30.5 Å². The van der Waals surface area contributed by atoms with Crippen LogP contribution in [0.5, 0.6) is 11.5 Å². The number of carbonyl (C=O) groups excluding carboxylic acids is 1. The molecule has 3 heterocycles. The smallest absolute Gasteiger partial charge is 0.410 e. The SMILES string of the molecule is CCCC[C@H](C)c1ncc(-c2ccc(-c3ccc(-c4cnc([C@@H]5CCCN5C(=O)OC(C)(C)C)[nH]4)c(OCCOC)c3OCCOC)cc2)[nH]1. The Morgan fingerprint density at radius 2 is 1.52 bits per heavy atom. The summed E-state index contributed by atoms with van der Waals surface area (Å²) < 4.78 is 29.2. The molecule has 1 aliphatic rings. The van der Waals surface area contributed by atoms with Crippen molar-refractivity contribution in [2.24, 2.45) is 0 Å². The summed E-state index contributed by atoms with van der Waals surface area (Å²) in [7, 11) is 3.29. The second kappa shape index (κ2) is 17.0. The molecule has 0 aliphatic carbocycles.